The normalized spacial score (nSPS) is 22.4. The molecule has 0 radical (unpaired) electrons. The van der Waals surface area contributed by atoms with Gasteiger partial charge in [-0.15, -0.1) is 0 Å². The molecule has 1 N–H and O–H groups in total. The third-order valence-corrected chi connectivity index (χ3v) is 4.45. The van der Waals surface area contributed by atoms with Gasteiger partial charge in [-0.2, -0.15) is 0 Å². The molecule has 2 unspecified atom stereocenters. The lowest BCUT2D eigenvalue weighted by Gasteiger charge is -2.39. The van der Waals surface area contributed by atoms with Gasteiger partial charge in [0, 0.05) is 32.2 Å². The highest BCUT2D eigenvalue weighted by atomic mass is 19.1. The van der Waals surface area contributed by atoms with Crippen molar-refractivity contribution in [1.82, 2.24) is 20.1 Å². The summed E-state index contributed by atoms with van der Waals surface area (Å²) in [6.07, 6.45) is 2.29. The summed E-state index contributed by atoms with van der Waals surface area (Å²) in [5.41, 5.74) is 0.916. The van der Waals surface area contributed by atoms with Gasteiger partial charge >= 0.3 is 0 Å². The first-order valence-corrected chi connectivity index (χ1v) is 7.89. The summed E-state index contributed by atoms with van der Waals surface area (Å²) in [5, 5.41) is 3.29. The summed E-state index contributed by atoms with van der Waals surface area (Å²) in [6.45, 7) is 10.1. The van der Waals surface area contributed by atoms with Crippen molar-refractivity contribution in [3.8, 4) is 0 Å². The first-order valence-electron chi connectivity index (χ1n) is 7.89. The van der Waals surface area contributed by atoms with Gasteiger partial charge in [0.25, 0.3) is 0 Å². The Hall–Kier alpha value is -1.04. The highest BCUT2D eigenvalue weighted by molar-refractivity contribution is 5.09. The number of likely N-dealkylation sites (N-methyl/N-ethyl adjacent to an activating group) is 1. The fourth-order valence-corrected chi connectivity index (χ4v) is 3.09. The number of aromatic nitrogens is 1. The largest absolute Gasteiger partial charge is 0.312 e. The summed E-state index contributed by atoms with van der Waals surface area (Å²) in [7, 11) is 1.94. The summed E-state index contributed by atoms with van der Waals surface area (Å²) in [6, 6.07) is 4.06. The minimum Gasteiger partial charge on any atom is -0.312 e. The summed E-state index contributed by atoms with van der Waals surface area (Å²) >= 11 is 0. The van der Waals surface area contributed by atoms with Gasteiger partial charge in [-0.25, -0.2) is 4.39 Å². The van der Waals surface area contributed by atoms with Crippen LogP contribution in [0, 0.1) is 5.82 Å². The predicted octanol–water partition coefficient (Wildman–Crippen LogP) is 1.90. The molecule has 0 saturated carbocycles. The molecule has 0 spiro atoms. The SMILES string of the molecule is CCN1CCN(CCC(NC)c2ccc(F)cn2)CC1C. The fourth-order valence-electron chi connectivity index (χ4n) is 3.09. The van der Waals surface area contributed by atoms with Gasteiger partial charge in [0.1, 0.15) is 5.82 Å². The second-order valence-corrected chi connectivity index (χ2v) is 5.81. The second-order valence-electron chi connectivity index (χ2n) is 5.81. The molecule has 1 fully saturated rings. The van der Waals surface area contributed by atoms with Gasteiger partial charge < -0.3 is 10.2 Å². The van der Waals surface area contributed by atoms with Gasteiger partial charge in [0.2, 0.25) is 0 Å². The first-order chi connectivity index (χ1) is 10.1. The van der Waals surface area contributed by atoms with Gasteiger partial charge in [0.15, 0.2) is 0 Å². The van der Waals surface area contributed by atoms with Crippen LogP contribution in [-0.2, 0) is 0 Å². The maximum absolute atomic E-state index is 12.9. The smallest absolute Gasteiger partial charge is 0.141 e. The van der Waals surface area contributed by atoms with Crippen LogP contribution in [0.3, 0.4) is 0 Å². The zero-order valence-corrected chi connectivity index (χ0v) is 13.3. The van der Waals surface area contributed by atoms with Gasteiger partial charge in [-0.1, -0.05) is 6.92 Å². The molecule has 5 heteroatoms. The number of hydrogen-bond donors (Lipinski definition) is 1. The Morgan fingerprint density at radius 2 is 2.24 bits per heavy atom. The van der Waals surface area contributed by atoms with Gasteiger partial charge in [0.05, 0.1) is 17.9 Å². The van der Waals surface area contributed by atoms with Crippen LogP contribution in [-0.4, -0.2) is 60.6 Å². The number of piperazine rings is 1. The average molecular weight is 294 g/mol. The van der Waals surface area contributed by atoms with Crippen LogP contribution in [0.2, 0.25) is 0 Å². The van der Waals surface area contributed by atoms with E-state index in [2.05, 4.69) is 33.9 Å². The molecule has 1 aromatic heterocycles. The van der Waals surface area contributed by atoms with Crippen LogP contribution in [0.5, 0.6) is 0 Å². The van der Waals surface area contributed by atoms with E-state index in [0.717, 1.165) is 44.8 Å². The van der Waals surface area contributed by atoms with E-state index in [4.69, 9.17) is 0 Å². The van der Waals surface area contributed by atoms with Gasteiger partial charge in [-0.05, 0) is 39.1 Å². The fraction of sp³-hybridized carbons (Fsp3) is 0.688. The zero-order valence-electron chi connectivity index (χ0n) is 13.3. The van der Waals surface area contributed by atoms with Crippen molar-refractivity contribution in [2.75, 3.05) is 39.8 Å². The quantitative estimate of drug-likeness (QED) is 0.868. The monoisotopic (exact) mass is 294 g/mol. The Kier molecular flexibility index (Phi) is 6.08. The van der Waals surface area contributed by atoms with E-state index in [9.17, 15) is 4.39 Å². The van der Waals surface area contributed by atoms with Crippen LogP contribution >= 0.6 is 0 Å². The van der Waals surface area contributed by atoms with E-state index in [1.165, 1.54) is 12.3 Å². The van der Waals surface area contributed by atoms with Crippen molar-refractivity contribution in [3.63, 3.8) is 0 Å². The number of hydrogen-bond acceptors (Lipinski definition) is 4. The van der Waals surface area contributed by atoms with Crippen molar-refractivity contribution in [1.29, 1.82) is 0 Å². The molecule has 1 aromatic rings. The number of pyridine rings is 1. The third-order valence-electron chi connectivity index (χ3n) is 4.45. The molecule has 0 amide bonds. The highest BCUT2D eigenvalue weighted by Crippen LogP contribution is 2.16. The van der Waals surface area contributed by atoms with Crippen LogP contribution in [0.1, 0.15) is 32.0 Å². The molecule has 2 heterocycles. The number of rotatable bonds is 6. The van der Waals surface area contributed by atoms with Gasteiger partial charge in [-0.3, -0.25) is 9.88 Å². The van der Waals surface area contributed by atoms with Crippen LogP contribution in [0.25, 0.3) is 0 Å². The first kappa shape index (κ1) is 16.3. The molecular weight excluding hydrogens is 267 g/mol. The van der Waals surface area contributed by atoms with E-state index in [-0.39, 0.29) is 11.9 Å². The number of nitrogens with zero attached hydrogens (tertiary/aromatic N) is 3. The molecule has 1 saturated heterocycles. The number of nitrogens with one attached hydrogen (secondary N) is 1. The molecule has 1 aliphatic heterocycles. The second kappa shape index (κ2) is 7.82. The third kappa shape index (κ3) is 4.46. The van der Waals surface area contributed by atoms with E-state index < -0.39 is 0 Å². The lowest BCUT2D eigenvalue weighted by Crippen LogP contribution is -2.51. The molecular formula is C16H27FN4. The topological polar surface area (TPSA) is 31.4 Å². The predicted molar refractivity (Wildman–Crippen MR) is 83.8 cm³/mol. The molecule has 1 aliphatic rings. The van der Waals surface area contributed by atoms with Crippen LogP contribution in [0.15, 0.2) is 18.3 Å². The Bertz CT molecular complexity index is 423. The standard InChI is InChI=1S/C16H27FN4/c1-4-21-10-9-20(12-13(21)2)8-7-15(18-3)16-6-5-14(17)11-19-16/h5-6,11,13,15,18H,4,7-10,12H2,1-3H3. The van der Waals surface area contributed by atoms with Crippen molar-refractivity contribution >= 4 is 0 Å². The average Bonchev–Trinajstić information content (AvgIpc) is 2.49. The Labute approximate surface area is 127 Å². The van der Waals surface area contributed by atoms with E-state index in [1.807, 2.05) is 7.05 Å². The van der Waals surface area contributed by atoms with E-state index in [1.54, 1.807) is 6.07 Å². The molecule has 2 rings (SSSR count). The summed E-state index contributed by atoms with van der Waals surface area (Å²) in [5.74, 6) is -0.280. The Morgan fingerprint density at radius 1 is 1.43 bits per heavy atom. The maximum Gasteiger partial charge on any atom is 0.141 e. The molecule has 21 heavy (non-hydrogen) atoms. The highest BCUT2D eigenvalue weighted by Gasteiger charge is 2.22. The number of halogens is 1. The van der Waals surface area contributed by atoms with Crippen molar-refractivity contribution < 1.29 is 4.39 Å². The van der Waals surface area contributed by atoms with Crippen molar-refractivity contribution in [3.05, 3.63) is 29.8 Å². The zero-order chi connectivity index (χ0) is 15.2. The van der Waals surface area contributed by atoms with Crippen LogP contribution < -0.4 is 5.32 Å². The van der Waals surface area contributed by atoms with Crippen molar-refractivity contribution in [2.45, 2.75) is 32.4 Å². The van der Waals surface area contributed by atoms with Crippen molar-refractivity contribution in [2.24, 2.45) is 0 Å². The maximum atomic E-state index is 12.9. The van der Waals surface area contributed by atoms with Crippen LogP contribution in [0.4, 0.5) is 4.39 Å². The molecule has 0 aliphatic carbocycles. The molecule has 0 bridgehead atoms. The van der Waals surface area contributed by atoms with E-state index in [0.29, 0.717) is 6.04 Å². The van der Waals surface area contributed by atoms with E-state index >= 15 is 0 Å². The molecule has 118 valence electrons. The Balaban J connectivity index is 1.85. The molecule has 4 nitrogen and oxygen atoms in total. The summed E-state index contributed by atoms with van der Waals surface area (Å²) in [4.78, 5) is 9.23. The lowest BCUT2D eigenvalue weighted by atomic mass is 10.1. The molecule has 2 atom stereocenters. The Morgan fingerprint density at radius 3 is 2.81 bits per heavy atom. The lowest BCUT2D eigenvalue weighted by molar-refractivity contribution is 0.0853. The minimum absolute atomic E-state index is 0.185. The summed E-state index contributed by atoms with van der Waals surface area (Å²) < 4.78 is 12.9. The molecule has 0 aromatic carbocycles. The minimum atomic E-state index is -0.280.